The van der Waals surface area contributed by atoms with Gasteiger partial charge in [-0.05, 0) is 49.1 Å². The smallest absolute Gasteiger partial charge is 0.129 e. The minimum atomic E-state index is 0.971. The number of hydrogen-bond acceptors (Lipinski definition) is 2. The van der Waals surface area contributed by atoms with Gasteiger partial charge in [0.2, 0.25) is 0 Å². The Kier molecular flexibility index (Phi) is 3.62. The molecule has 0 radical (unpaired) electrons. The Balaban J connectivity index is 2.40. The topological polar surface area (TPSA) is 24.9 Å². The number of hydrogen-bond donors (Lipinski definition) is 1. The molecular weight excluding hydrogens is 208 g/mol. The molecule has 1 aromatic heterocycles. The minimum Gasteiger partial charge on any atom is -0.373 e. The second-order valence-electron chi connectivity index (χ2n) is 4.53. The van der Waals surface area contributed by atoms with Crippen molar-refractivity contribution in [3.8, 4) is 0 Å². The van der Waals surface area contributed by atoms with Gasteiger partial charge >= 0.3 is 0 Å². The number of rotatable bonds is 4. The SMILES string of the molecule is CCCCc1ccc2nc(NC)c(C)cc2c1. The quantitative estimate of drug-likeness (QED) is 0.857. The molecule has 0 aliphatic heterocycles. The van der Waals surface area contributed by atoms with Gasteiger partial charge in [0.1, 0.15) is 5.82 Å². The van der Waals surface area contributed by atoms with Crippen LogP contribution in [0.2, 0.25) is 0 Å². The van der Waals surface area contributed by atoms with Crippen molar-refractivity contribution in [3.05, 3.63) is 35.4 Å². The van der Waals surface area contributed by atoms with E-state index in [1.807, 2.05) is 7.05 Å². The lowest BCUT2D eigenvalue weighted by molar-refractivity contribution is 0.796. The summed E-state index contributed by atoms with van der Waals surface area (Å²) in [6.45, 7) is 4.32. The molecule has 0 amide bonds. The molecule has 2 aromatic rings. The van der Waals surface area contributed by atoms with Crippen LogP contribution >= 0.6 is 0 Å². The van der Waals surface area contributed by atoms with Gasteiger partial charge in [0.05, 0.1) is 5.52 Å². The molecule has 0 fully saturated rings. The largest absolute Gasteiger partial charge is 0.373 e. The van der Waals surface area contributed by atoms with Crippen LogP contribution in [0.25, 0.3) is 10.9 Å². The van der Waals surface area contributed by atoms with Gasteiger partial charge in [0.15, 0.2) is 0 Å². The van der Waals surface area contributed by atoms with Crippen LogP contribution in [0.3, 0.4) is 0 Å². The molecule has 0 bridgehead atoms. The van der Waals surface area contributed by atoms with E-state index in [4.69, 9.17) is 0 Å². The zero-order valence-corrected chi connectivity index (χ0v) is 10.9. The number of anilines is 1. The van der Waals surface area contributed by atoms with Crippen LogP contribution in [-0.4, -0.2) is 12.0 Å². The summed E-state index contributed by atoms with van der Waals surface area (Å²) in [4.78, 5) is 4.60. The van der Waals surface area contributed by atoms with Gasteiger partial charge < -0.3 is 5.32 Å². The maximum atomic E-state index is 4.60. The third-order valence-corrected chi connectivity index (χ3v) is 3.13. The van der Waals surface area contributed by atoms with Crippen LogP contribution in [-0.2, 0) is 6.42 Å². The van der Waals surface area contributed by atoms with E-state index in [0.29, 0.717) is 0 Å². The molecule has 0 spiro atoms. The lowest BCUT2D eigenvalue weighted by Crippen LogP contribution is -1.96. The summed E-state index contributed by atoms with van der Waals surface area (Å²) < 4.78 is 0. The van der Waals surface area contributed by atoms with Gasteiger partial charge in [0.25, 0.3) is 0 Å². The first-order chi connectivity index (χ1) is 8.24. The zero-order chi connectivity index (χ0) is 12.3. The van der Waals surface area contributed by atoms with E-state index in [2.05, 4.69) is 48.4 Å². The molecule has 0 aliphatic carbocycles. The Morgan fingerprint density at radius 3 is 2.76 bits per heavy atom. The van der Waals surface area contributed by atoms with Crippen LogP contribution in [0.1, 0.15) is 30.9 Å². The number of nitrogens with zero attached hydrogens (tertiary/aromatic N) is 1. The number of aromatic nitrogens is 1. The van der Waals surface area contributed by atoms with Crippen LogP contribution in [0, 0.1) is 6.92 Å². The number of pyridine rings is 1. The fourth-order valence-electron chi connectivity index (χ4n) is 2.12. The second kappa shape index (κ2) is 5.17. The van der Waals surface area contributed by atoms with Gasteiger partial charge in [-0.15, -0.1) is 0 Å². The van der Waals surface area contributed by atoms with Gasteiger partial charge in [-0.3, -0.25) is 0 Å². The Labute approximate surface area is 103 Å². The Morgan fingerprint density at radius 2 is 2.06 bits per heavy atom. The highest BCUT2D eigenvalue weighted by molar-refractivity contribution is 5.82. The Hall–Kier alpha value is -1.57. The summed E-state index contributed by atoms with van der Waals surface area (Å²) in [5, 5.41) is 4.37. The third-order valence-electron chi connectivity index (χ3n) is 3.13. The maximum Gasteiger partial charge on any atom is 0.129 e. The molecule has 1 N–H and O–H groups in total. The first-order valence-electron chi connectivity index (χ1n) is 6.32. The highest BCUT2D eigenvalue weighted by atomic mass is 15.0. The molecule has 2 nitrogen and oxygen atoms in total. The van der Waals surface area contributed by atoms with E-state index >= 15 is 0 Å². The van der Waals surface area contributed by atoms with Crippen LogP contribution < -0.4 is 5.32 Å². The normalized spacial score (nSPS) is 10.8. The summed E-state index contributed by atoms with van der Waals surface area (Å²) >= 11 is 0. The predicted octanol–water partition coefficient (Wildman–Crippen LogP) is 3.93. The fourth-order valence-corrected chi connectivity index (χ4v) is 2.12. The Morgan fingerprint density at radius 1 is 1.24 bits per heavy atom. The molecule has 0 saturated heterocycles. The van der Waals surface area contributed by atoms with Gasteiger partial charge in [-0.2, -0.15) is 0 Å². The van der Waals surface area contributed by atoms with Crippen molar-refractivity contribution < 1.29 is 0 Å². The maximum absolute atomic E-state index is 4.60. The first kappa shape index (κ1) is 11.9. The minimum absolute atomic E-state index is 0.971. The highest BCUT2D eigenvalue weighted by Crippen LogP contribution is 2.21. The molecule has 0 unspecified atom stereocenters. The van der Waals surface area contributed by atoms with Crippen molar-refractivity contribution in [2.75, 3.05) is 12.4 Å². The summed E-state index contributed by atoms with van der Waals surface area (Å²) in [6.07, 6.45) is 3.67. The van der Waals surface area contributed by atoms with Gasteiger partial charge in [-0.25, -0.2) is 4.98 Å². The lowest BCUT2D eigenvalue weighted by atomic mass is 10.0. The first-order valence-corrected chi connectivity index (χ1v) is 6.32. The second-order valence-corrected chi connectivity index (χ2v) is 4.53. The van der Waals surface area contributed by atoms with E-state index in [1.54, 1.807) is 0 Å². The van der Waals surface area contributed by atoms with Crippen molar-refractivity contribution in [2.45, 2.75) is 33.1 Å². The summed E-state index contributed by atoms with van der Waals surface area (Å²) in [5.41, 5.74) is 3.69. The number of benzene rings is 1. The van der Waals surface area contributed by atoms with Crippen LogP contribution in [0.4, 0.5) is 5.82 Å². The molecule has 90 valence electrons. The number of aryl methyl sites for hydroxylation is 2. The number of unbranched alkanes of at least 4 members (excludes halogenated alkanes) is 1. The average molecular weight is 228 g/mol. The molecule has 0 atom stereocenters. The molecule has 1 aromatic carbocycles. The predicted molar refractivity (Wildman–Crippen MR) is 74.6 cm³/mol. The van der Waals surface area contributed by atoms with Crippen LogP contribution in [0.15, 0.2) is 24.3 Å². The summed E-state index contributed by atoms with van der Waals surface area (Å²) in [5.74, 6) is 0.971. The monoisotopic (exact) mass is 228 g/mol. The van der Waals surface area contributed by atoms with Crippen molar-refractivity contribution in [1.29, 1.82) is 0 Å². The van der Waals surface area contributed by atoms with E-state index in [-0.39, 0.29) is 0 Å². The fraction of sp³-hybridized carbons (Fsp3) is 0.400. The molecule has 2 rings (SSSR count). The molecule has 17 heavy (non-hydrogen) atoms. The standard InChI is InChI=1S/C15H20N2/c1-4-5-6-12-7-8-14-13(10-12)9-11(2)15(16-3)17-14/h7-10H,4-6H2,1-3H3,(H,16,17). The van der Waals surface area contributed by atoms with Crippen molar-refractivity contribution in [1.82, 2.24) is 4.98 Å². The Bertz CT molecular complexity index is 518. The average Bonchev–Trinajstić information content (AvgIpc) is 2.35. The van der Waals surface area contributed by atoms with Crippen molar-refractivity contribution in [2.24, 2.45) is 0 Å². The number of fused-ring (bicyclic) bond motifs is 1. The molecule has 0 aliphatic rings. The van der Waals surface area contributed by atoms with E-state index in [9.17, 15) is 0 Å². The molecule has 1 heterocycles. The van der Waals surface area contributed by atoms with Crippen molar-refractivity contribution in [3.63, 3.8) is 0 Å². The van der Waals surface area contributed by atoms with Crippen LogP contribution in [0.5, 0.6) is 0 Å². The third kappa shape index (κ3) is 2.57. The highest BCUT2D eigenvalue weighted by Gasteiger charge is 2.02. The number of nitrogens with one attached hydrogen (secondary N) is 1. The van der Waals surface area contributed by atoms with Crippen molar-refractivity contribution >= 4 is 16.7 Å². The summed E-state index contributed by atoms with van der Waals surface area (Å²) in [7, 11) is 1.91. The summed E-state index contributed by atoms with van der Waals surface area (Å²) in [6, 6.07) is 8.80. The van der Waals surface area contributed by atoms with Gasteiger partial charge in [0, 0.05) is 12.4 Å². The molecule has 0 saturated carbocycles. The molecular formula is C15H20N2. The van der Waals surface area contributed by atoms with E-state index in [0.717, 1.165) is 11.3 Å². The van der Waals surface area contributed by atoms with E-state index in [1.165, 1.54) is 35.8 Å². The molecule has 2 heteroatoms. The lowest BCUT2D eigenvalue weighted by Gasteiger charge is -2.08. The van der Waals surface area contributed by atoms with E-state index < -0.39 is 0 Å². The zero-order valence-electron chi connectivity index (χ0n) is 10.9. The van der Waals surface area contributed by atoms with Gasteiger partial charge in [-0.1, -0.05) is 19.4 Å².